The number of aryl methyl sites for hydroxylation is 1. The van der Waals surface area contributed by atoms with Crippen LogP contribution in [0.4, 0.5) is 8.78 Å². The number of halogens is 2. The van der Waals surface area contributed by atoms with Gasteiger partial charge in [0.15, 0.2) is 0 Å². The predicted octanol–water partition coefficient (Wildman–Crippen LogP) is 7.06. The first kappa shape index (κ1) is 18.4. The van der Waals surface area contributed by atoms with Gasteiger partial charge in [-0.1, -0.05) is 77.2 Å². The maximum absolute atomic E-state index is 13.7. The van der Waals surface area contributed by atoms with Crippen LogP contribution in [0.3, 0.4) is 0 Å². The summed E-state index contributed by atoms with van der Waals surface area (Å²) < 4.78 is 26.6. The summed E-state index contributed by atoms with van der Waals surface area (Å²) in [4.78, 5) is 0. The maximum Gasteiger partial charge on any atom is 0.129 e. The zero-order valence-electron chi connectivity index (χ0n) is 14.6. The lowest BCUT2D eigenvalue weighted by Crippen LogP contribution is -2.15. The molecule has 1 aromatic rings. The van der Waals surface area contributed by atoms with Crippen molar-refractivity contribution in [2.24, 2.45) is 11.8 Å². The maximum atomic E-state index is 13.7. The van der Waals surface area contributed by atoms with E-state index in [4.69, 9.17) is 0 Å². The molecule has 1 aliphatic carbocycles. The summed E-state index contributed by atoms with van der Waals surface area (Å²) in [6.07, 6.45) is 15.4. The second-order valence-electron chi connectivity index (χ2n) is 7.36. The van der Waals surface area contributed by atoms with Crippen LogP contribution in [0.25, 0.3) is 0 Å². The van der Waals surface area contributed by atoms with E-state index in [1.165, 1.54) is 70.3 Å². The Balaban J connectivity index is 1.61. The summed E-state index contributed by atoms with van der Waals surface area (Å²) >= 11 is 0. The van der Waals surface area contributed by atoms with Crippen molar-refractivity contribution >= 4 is 0 Å². The molecule has 0 unspecified atom stereocenters. The fraction of sp³-hybridized carbons (Fsp3) is 0.714. The van der Waals surface area contributed by atoms with Crippen molar-refractivity contribution in [3.05, 3.63) is 35.4 Å². The summed E-state index contributed by atoms with van der Waals surface area (Å²) in [6, 6.07) is 3.98. The molecular weight excluding hydrogens is 290 g/mol. The number of hydrogen-bond acceptors (Lipinski definition) is 0. The Hall–Kier alpha value is -0.920. The third kappa shape index (κ3) is 6.61. The van der Waals surface area contributed by atoms with Gasteiger partial charge in [-0.05, 0) is 36.3 Å². The fourth-order valence-corrected chi connectivity index (χ4v) is 3.93. The minimum Gasteiger partial charge on any atom is -0.207 e. The zero-order chi connectivity index (χ0) is 16.5. The highest BCUT2D eigenvalue weighted by molar-refractivity contribution is 5.18. The molecule has 0 aliphatic heterocycles. The van der Waals surface area contributed by atoms with Gasteiger partial charge in [0, 0.05) is 6.07 Å². The fourth-order valence-electron chi connectivity index (χ4n) is 3.93. The Morgan fingerprint density at radius 1 is 0.870 bits per heavy atom. The third-order valence-electron chi connectivity index (χ3n) is 5.52. The van der Waals surface area contributed by atoms with Crippen molar-refractivity contribution in [1.82, 2.24) is 0 Å². The topological polar surface area (TPSA) is 0 Å². The first-order chi connectivity index (χ1) is 11.2. The standard InChI is InChI=1S/C21H32F2/c1-2-3-4-5-6-7-17-8-10-18(11-9-17)12-13-19-14-15-20(22)16-21(19)23/h14-18H,2-13H2,1H3/t17-,18-. The van der Waals surface area contributed by atoms with Gasteiger partial charge >= 0.3 is 0 Å². The van der Waals surface area contributed by atoms with Gasteiger partial charge in [-0.25, -0.2) is 8.78 Å². The average molecular weight is 322 g/mol. The zero-order valence-corrected chi connectivity index (χ0v) is 14.6. The number of rotatable bonds is 9. The summed E-state index contributed by atoms with van der Waals surface area (Å²) in [7, 11) is 0. The second-order valence-corrected chi connectivity index (χ2v) is 7.36. The van der Waals surface area contributed by atoms with Crippen LogP contribution in [-0.2, 0) is 6.42 Å². The van der Waals surface area contributed by atoms with Gasteiger partial charge in [-0.2, -0.15) is 0 Å². The molecule has 1 aliphatic rings. The number of benzene rings is 1. The van der Waals surface area contributed by atoms with Crippen LogP contribution in [0, 0.1) is 23.5 Å². The molecule has 0 atom stereocenters. The molecule has 2 heteroatoms. The minimum absolute atomic E-state index is 0.384. The molecule has 0 amide bonds. The molecule has 23 heavy (non-hydrogen) atoms. The highest BCUT2D eigenvalue weighted by atomic mass is 19.1. The van der Waals surface area contributed by atoms with Crippen molar-refractivity contribution in [1.29, 1.82) is 0 Å². The SMILES string of the molecule is CCCCCCC[C@H]1CC[C@H](CCc2ccc(F)cc2F)CC1. The van der Waals surface area contributed by atoms with Crippen molar-refractivity contribution < 1.29 is 8.78 Å². The molecular formula is C21H32F2. The van der Waals surface area contributed by atoms with E-state index in [9.17, 15) is 8.78 Å². The molecule has 0 radical (unpaired) electrons. The molecule has 0 N–H and O–H groups in total. The predicted molar refractivity (Wildman–Crippen MR) is 93.5 cm³/mol. The van der Waals surface area contributed by atoms with Gasteiger partial charge in [0.05, 0.1) is 0 Å². The lowest BCUT2D eigenvalue weighted by atomic mass is 9.77. The number of hydrogen-bond donors (Lipinski definition) is 0. The van der Waals surface area contributed by atoms with E-state index in [-0.39, 0.29) is 5.82 Å². The van der Waals surface area contributed by atoms with Crippen molar-refractivity contribution in [2.45, 2.75) is 84.0 Å². The molecule has 0 aromatic heterocycles. The lowest BCUT2D eigenvalue weighted by molar-refractivity contribution is 0.248. The Kier molecular flexibility index (Phi) is 8.05. The lowest BCUT2D eigenvalue weighted by Gasteiger charge is -2.28. The molecule has 1 aromatic carbocycles. The van der Waals surface area contributed by atoms with Crippen LogP contribution in [-0.4, -0.2) is 0 Å². The van der Waals surface area contributed by atoms with Crippen LogP contribution >= 0.6 is 0 Å². The molecule has 0 saturated heterocycles. The molecule has 1 fully saturated rings. The van der Waals surface area contributed by atoms with E-state index < -0.39 is 5.82 Å². The van der Waals surface area contributed by atoms with Gasteiger partial charge in [-0.15, -0.1) is 0 Å². The molecule has 2 rings (SSSR count). The highest BCUT2D eigenvalue weighted by Crippen LogP contribution is 2.34. The number of unbranched alkanes of at least 4 members (excludes halogenated alkanes) is 4. The minimum atomic E-state index is -0.481. The quantitative estimate of drug-likeness (QED) is 0.427. The summed E-state index contributed by atoms with van der Waals surface area (Å²) in [5, 5.41) is 0. The Morgan fingerprint density at radius 2 is 1.52 bits per heavy atom. The normalized spacial score (nSPS) is 21.5. The van der Waals surface area contributed by atoms with E-state index >= 15 is 0 Å². The van der Waals surface area contributed by atoms with E-state index in [0.717, 1.165) is 30.7 Å². The second kappa shape index (κ2) is 10.1. The first-order valence-corrected chi connectivity index (χ1v) is 9.63. The third-order valence-corrected chi connectivity index (χ3v) is 5.52. The van der Waals surface area contributed by atoms with Gasteiger partial charge in [0.25, 0.3) is 0 Å². The first-order valence-electron chi connectivity index (χ1n) is 9.63. The van der Waals surface area contributed by atoms with Gasteiger partial charge in [0.1, 0.15) is 11.6 Å². The van der Waals surface area contributed by atoms with Crippen molar-refractivity contribution in [2.75, 3.05) is 0 Å². The average Bonchev–Trinajstić information content (AvgIpc) is 2.55. The van der Waals surface area contributed by atoms with Crippen LogP contribution in [0.1, 0.15) is 83.1 Å². The Bertz CT molecular complexity index is 447. The van der Waals surface area contributed by atoms with Crippen LogP contribution < -0.4 is 0 Å². The Labute approximate surface area is 140 Å². The molecule has 0 bridgehead atoms. The molecule has 130 valence electrons. The van der Waals surface area contributed by atoms with Crippen LogP contribution in [0.2, 0.25) is 0 Å². The molecule has 0 heterocycles. The summed E-state index contributed by atoms with van der Waals surface area (Å²) in [6.45, 7) is 2.26. The molecule has 0 nitrogen and oxygen atoms in total. The van der Waals surface area contributed by atoms with E-state index in [1.54, 1.807) is 6.07 Å². The van der Waals surface area contributed by atoms with Crippen LogP contribution in [0.15, 0.2) is 18.2 Å². The van der Waals surface area contributed by atoms with Gasteiger partial charge in [-0.3, -0.25) is 0 Å². The summed E-state index contributed by atoms with van der Waals surface area (Å²) in [5.74, 6) is 0.794. The van der Waals surface area contributed by atoms with E-state index in [0.29, 0.717) is 5.56 Å². The largest absolute Gasteiger partial charge is 0.207 e. The van der Waals surface area contributed by atoms with E-state index in [1.807, 2.05) is 0 Å². The van der Waals surface area contributed by atoms with Gasteiger partial charge < -0.3 is 0 Å². The van der Waals surface area contributed by atoms with Gasteiger partial charge in [0.2, 0.25) is 0 Å². The highest BCUT2D eigenvalue weighted by Gasteiger charge is 2.21. The monoisotopic (exact) mass is 322 g/mol. The Morgan fingerprint density at radius 3 is 2.17 bits per heavy atom. The summed E-state index contributed by atoms with van der Waals surface area (Å²) in [5.41, 5.74) is 0.671. The van der Waals surface area contributed by atoms with Crippen LogP contribution in [0.5, 0.6) is 0 Å². The molecule has 0 spiro atoms. The van der Waals surface area contributed by atoms with Crippen molar-refractivity contribution in [3.8, 4) is 0 Å². The smallest absolute Gasteiger partial charge is 0.129 e. The molecule has 1 saturated carbocycles. The van der Waals surface area contributed by atoms with Crippen molar-refractivity contribution in [3.63, 3.8) is 0 Å². The van der Waals surface area contributed by atoms with E-state index in [2.05, 4.69) is 6.92 Å².